The van der Waals surface area contributed by atoms with Gasteiger partial charge in [0.25, 0.3) is 0 Å². The summed E-state index contributed by atoms with van der Waals surface area (Å²) in [4.78, 5) is 16.3. The fraction of sp³-hybridized carbons (Fsp3) is 0.500. The minimum Gasteiger partial charge on any atom is -0.368 e. The Balaban J connectivity index is 1.52. The molecule has 1 aliphatic heterocycles. The molecule has 1 aliphatic carbocycles. The normalized spacial score (nSPS) is 18.8. The average Bonchev–Trinajstić information content (AvgIpc) is 3.32. The largest absolute Gasteiger partial charge is 0.368 e. The smallest absolute Gasteiger partial charge is 0.234 e. The Morgan fingerprint density at radius 3 is 2.64 bits per heavy atom. The summed E-state index contributed by atoms with van der Waals surface area (Å²) in [5, 5.41) is 12.0. The lowest BCUT2D eigenvalue weighted by Crippen LogP contribution is -2.49. The molecule has 1 amide bonds. The van der Waals surface area contributed by atoms with Gasteiger partial charge in [0.2, 0.25) is 5.91 Å². The van der Waals surface area contributed by atoms with Crippen molar-refractivity contribution in [3.05, 3.63) is 28.2 Å². The van der Waals surface area contributed by atoms with Crippen LogP contribution in [0.25, 0.3) is 0 Å². The van der Waals surface area contributed by atoms with Crippen LogP contribution in [0, 0.1) is 11.3 Å². The zero-order valence-electron chi connectivity index (χ0n) is 12.4. The minimum atomic E-state index is 0.149. The van der Waals surface area contributed by atoms with E-state index in [2.05, 4.69) is 37.1 Å². The second-order valence-electron chi connectivity index (χ2n) is 5.88. The molecule has 2 fully saturated rings. The molecule has 0 bridgehead atoms. The molecule has 0 radical (unpaired) electrons. The molecule has 3 rings (SSSR count). The van der Waals surface area contributed by atoms with Gasteiger partial charge in [-0.05, 0) is 47.0 Å². The first-order chi connectivity index (χ1) is 10.7. The van der Waals surface area contributed by atoms with Crippen LogP contribution in [0.2, 0.25) is 0 Å². The van der Waals surface area contributed by atoms with Crippen LogP contribution in [0.5, 0.6) is 0 Å². The SMILES string of the molecule is N#Cc1ccc(N2CCN(CC(=O)NC3CC3)CC2)c(Br)c1. The first kappa shape index (κ1) is 15.3. The maximum absolute atomic E-state index is 11.8. The lowest BCUT2D eigenvalue weighted by Gasteiger charge is -2.36. The number of hydrogen-bond acceptors (Lipinski definition) is 4. The summed E-state index contributed by atoms with van der Waals surface area (Å²) in [5.41, 5.74) is 1.77. The summed E-state index contributed by atoms with van der Waals surface area (Å²) >= 11 is 3.54. The van der Waals surface area contributed by atoms with Gasteiger partial charge in [-0.15, -0.1) is 0 Å². The van der Waals surface area contributed by atoms with Crippen molar-refractivity contribution in [1.82, 2.24) is 10.2 Å². The quantitative estimate of drug-likeness (QED) is 0.885. The number of carbonyl (C=O) groups is 1. The maximum Gasteiger partial charge on any atom is 0.234 e. The summed E-state index contributed by atoms with van der Waals surface area (Å²) < 4.78 is 0.950. The Hall–Kier alpha value is -1.58. The van der Waals surface area contributed by atoms with Gasteiger partial charge in [-0.1, -0.05) is 0 Å². The number of nitriles is 1. The summed E-state index contributed by atoms with van der Waals surface area (Å²) in [6.07, 6.45) is 2.26. The van der Waals surface area contributed by atoms with Crippen LogP contribution >= 0.6 is 15.9 Å². The van der Waals surface area contributed by atoms with Crippen LogP contribution in [-0.4, -0.2) is 49.6 Å². The molecular weight excluding hydrogens is 344 g/mol. The maximum atomic E-state index is 11.8. The highest BCUT2D eigenvalue weighted by Crippen LogP contribution is 2.28. The Bertz CT molecular complexity index is 601. The van der Waals surface area contributed by atoms with Crippen molar-refractivity contribution in [1.29, 1.82) is 5.26 Å². The monoisotopic (exact) mass is 362 g/mol. The molecule has 116 valence electrons. The molecule has 1 N–H and O–H groups in total. The standard InChI is InChI=1S/C16H19BrN4O/c17-14-9-12(10-18)1-4-15(14)21-7-5-20(6-8-21)11-16(22)19-13-2-3-13/h1,4,9,13H,2-3,5-8,11H2,(H,19,22). The van der Waals surface area contributed by atoms with Crippen LogP contribution in [0.3, 0.4) is 0 Å². The van der Waals surface area contributed by atoms with Gasteiger partial charge in [-0.3, -0.25) is 9.69 Å². The number of nitrogens with one attached hydrogen (secondary N) is 1. The van der Waals surface area contributed by atoms with Crippen molar-refractivity contribution in [2.45, 2.75) is 18.9 Å². The number of piperazine rings is 1. The highest BCUT2D eigenvalue weighted by molar-refractivity contribution is 9.10. The summed E-state index contributed by atoms with van der Waals surface area (Å²) in [6.45, 7) is 4.04. The summed E-state index contributed by atoms with van der Waals surface area (Å²) in [7, 11) is 0. The van der Waals surface area contributed by atoms with E-state index >= 15 is 0 Å². The average molecular weight is 363 g/mol. The molecule has 22 heavy (non-hydrogen) atoms. The molecule has 1 aromatic carbocycles. The molecule has 6 heteroatoms. The number of hydrogen-bond donors (Lipinski definition) is 1. The molecule has 1 heterocycles. The predicted molar refractivity (Wildman–Crippen MR) is 88.7 cm³/mol. The Morgan fingerprint density at radius 2 is 2.05 bits per heavy atom. The van der Waals surface area contributed by atoms with Crippen molar-refractivity contribution in [2.75, 3.05) is 37.6 Å². The van der Waals surface area contributed by atoms with E-state index in [0.717, 1.165) is 49.2 Å². The van der Waals surface area contributed by atoms with Crippen molar-refractivity contribution in [3.63, 3.8) is 0 Å². The second-order valence-corrected chi connectivity index (χ2v) is 6.74. The van der Waals surface area contributed by atoms with Gasteiger partial charge in [-0.2, -0.15) is 5.26 Å². The molecule has 1 saturated carbocycles. The lowest BCUT2D eigenvalue weighted by atomic mass is 10.2. The van der Waals surface area contributed by atoms with Gasteiger partial charge in [0.1, 0.15) is 0 Å². The van der Waals surface area contributed by atoms with Gasteiger partial charge in [-0.25, -0.2) is 0 Å². The number of rotatable bonds is 4. The minimum absolute atomic E-state index is 0.149. The molecule has 0 atom stereocenters. The van der Waals surface area contributed by atoms with E-state index in [1.807, 2.05) is 18.2 Å². The van der Waals surface area contributed by atoms with Crippen molar-refractivity contribution in [3.8, 4) is 6.07 Å². The Morgan fingerprint density at radius 1 is 1.32 bits per heavy atom. The van der Waals surface area contributed by atoms with Gasteiger partial charge < -0.3 is 10.2 Å². The Kier molecular flexibility index (Phi) is 4.65. The zero-order chi connectivity index (χ0) is 15.5. The van der Waals surface area contributed by atoms with E-state index in [4.69, 9.17) is 5.26 Å². The third-order valence-electron chi connectivity index (χ3n) is 4.10. The second kappa shape index (κ2) is 6.67. The van der Waals surface area contributed by atoms with Crippen LogP contribution < -0.4 is 10.2 Å². The van der Waals surface area contributed by atoms with E-state index in [1.165, 1.54) is 0 Å². The summed E-state index contributed by atoms with van der Waals surface area (Å²) in [5.74, 6) is 0.149. The molecule has 1 saturated heterocycles. The molecular formula is C16H19BrN4O. The lowest BCUT2D eigenvalue weighted by molar-refractivity contribution is -0.122. The molecule has 0 spiro atoms. The molecule has 1 aromatic rings. The highest BCUT2D eigenvalue weighted by Gasteiger charge is 2.25. The number of anilines is 1. The molecule has 2 aliphatic rings. The number of benzene rings is 1. The highest BCUT2D eigenvalue weighted by atomic mass is 79.9. The van der Waals surface area contributed by atoms with Gasteiger partial charge in [0.15, 0.2) is 0 Å². The topological polar surface area (TPSA) is 59.4 Å². The third-order valence-corrected chi connectivity index (χ3v) is 4.73. The van der Waals surface area contributed by atoms with E-state index in [9.17, 15) is 4.79 Å². The zero-order valence-corrected chi connectivity index (χ0v) is 14.0. The molecule has 5 nitrogen and oxygen atoms in total. The summed E-state index contributed by atoms with van der Waals surface area (Å²) in [6, 6.07) is 8.26. The van der Waals surface area contributed by atoms with Crippen LogP contribution in [0.1, 0.15) is 18.4 Å². The van der Waals surface area contributed by atoms with Crippen molar-refractivity contribution < 1.29 is 4.79 Å². The van der Waals surface area contributed by atoms with Crippen LogP contribution in [-0.2, 0) is 4.79 Å². The van der Waals surface area contributed by atoms with Gasteiger partial charge in [0, 0.05) is 36.7 Å². The fourth-order valence-corrected chi connectivity index (χ4v) is 3.31. The first-order valence-corrected chi connectivity index (χ1v) is 8.41. The van der Waals surface area contributed by atoms with Gasteiger partial charge >= 0.3 is 0 Å². The molecule has 0 unspecified atom stereocenters. The molecule has 0 aromatic heterocycles. The third kappa shape index (κ3) is 3.79. The van der Waals surface area contributed by atoms with Crippen LogP contribution in [0.4, 0.5) is 5.69 Å². The van der Waals surface area contributed by atoms with E-state index in [1.54, 1.807) is 0 Å². The van der Waals surface area contributed by atoms with E-state index in [-0.39, 0.29) is 5.91 Å². The van der Waals surface area contributed by atoms with Gasteiger partial charge in [0.05, 0.1) is 23.9 Å². The number of carbonyl (C=O) groups excluding carboxylic acids is 1. The predicted octanol–water partition coefficient (Wildman–Crippen LogP) is 1.72. The first-order valence-electron chi connectivity index (χ1n) is 7.62. The Labute approximate surface area is 139 Å². The van der Waals surface area contributed by atoms with E-state index in [0.29, 0.717) is 18.2 Å². The van der Waals surface area contributed by atoms with E-state index < -0.39 is 0 Å². The van der Waals surface area contributed by atoms with Crippen LogP contribution in [0.15, 0.2) is 22.7 Å². The fourth-order valence-electron chi connectivity index (χ4n) is 2.68. The number of halogens is 1. The van der Waals surface area contributed by atoms with Crippen molar-refractivity contribution in [2.24, 2.45) is 0 Å². The number of nitrogens with zero attached hydrogens (tertiary/aromatic N) is 3. The van der Waals surface area contributed by atoms with Crippen molar-refractivity contribution >= 4 is 27.5 Å². The number of amides is 1.